The van der Waals surface area contributed by atoms with Gasteiger partial charge in [-0.25, -0.2) is 4.98 Å². The van der Waals surface area contributed by atoms with Gasteiger partial charge in [0.2, 0.25) is 0 Å². The number of nitrogens with two attached hydrogens (primary N) is 1. The number of rotatable bonds is 3. The van der Waals surface area contributed by atoms with Crippen LogP contribution in [0.25, 0.3) is 11.3 Å². The highest BCUT2D eigenvalue weighted by Gasteiger charge is 2.11. The molecule has 0 aliphatic heterocycles. The molecule has 0 aliphatic carbocycles. The Kier molecular flexibility index (Phi) is 2.60. The van der Waals surface area contributed by atoms with E-state index in [1.54, 1.807) is 0 Å². The zero-order chi connectivity index (χ0) is 10.8. The van der Waals surface area contributed by atoms with Crippen LogP contribution in [0.3, 0.4) is 0 Å². The van der Waals surface area contributed by atoms with Crippen LogP contribution in [0.4, 0.5) is 0 Å². The van der Waals surface area contributed by atoms with Gasteiger partial charge in [0.05, 0.1) is 0 Å². The predicted molar refractivity (Wildman–Crippen MR) is 58.4 cm³/mol. The highest BCUT2D eigenvalue weighted by Crippen LogP contribution is 2.23. The Morgan fingerprint density at radius 3 is 2.93 bits per heavy atom. The maximum absolute atomic E-state index is 5.52. The monoisotopic (exact) mass is 205 g/mol. The van der Waals surface area contributed by atoms with Crippen molar-refractivity contribution in [1.29, 1.82) is 0 Å². The van der Waals surface area contributed by atoms with Crippen LogP contribution in [0, 0.1) is 6.92 Å². The highest BCUT2D eigenvalue weighted by molar-refractivity contribution is 5.60. The Hall–Kier alpha value is -1.55. The zero-order valence-electron chi connectivity index (χ0n) is 9.03. The molecule has 0 spiro atoms. The fraction of sp³-hybridized carbons (Fsp3) is 0.364. The molecule has 2 aromatic heterocycles. The van der Waals surface area contributed by atoms with Gasteiger partial charge in [0.1, 0.15) is 11.5 Å². The van der Waals surface area contributed by atoms with E-state index in [-0.39, 0.29) is 0 Å². The fourth-order valence-electron chi connectivity index (χ4n) is 1.59. The van der Waals surface area contributed by atoms with E-state index >= 15 is 0 Å². The molecule has 15 heavy (non-hydrogen) atoms. The Morgan fingerprint density at radius 2 is 2.33 bits per heavy atom. The minimum Gasteiger partial charge on any atom is -0.445 e. The van der Waals surface area contributed by atoms with Crippen molar-refractivity contribution in [2.24, 2.45) is 12.8 Å². The van der Waals surface area contributed by atoms with Gasteiger partial charge in [0.25, 0.3) is 0 Å². The largest absolute Gasteiger partial charge is 0.445 e. The van der Waals surface area contributed by atoms with Gasteiger partial charge in [-0.15, -0.1) is 0 Å². The Bertz CT molecular complexity index is 456. The lowest BCUT2D eigenvalue weighted by molar-refractivity contribution is 0.473. The third kappa shape index (κ3) is 1.94. The predicted octanol–water partition coefficient (Wildman–Crippen LogP) is 1.49. The molecule has 0 unspecified atom stereocenters. The summed E-state index contributed by atoms with van der Waals surface area (Å²) in [5.74, 6) is 1.57. The molecule has 0 radical (unpaired) electrons. The smallest absolute Gasteiger partial charge is 0.196 e. The van der Waals surface area contributed by atoms with Crippen LogP contribution in [0.5, 0.6) is 0 Å². The van der Waals surface area contributed by atoms with E-state index in [9.17, 15) is 0 Å². The number of hydrogen-bond donors (Lipinski definition) is 1. The maximum Gasteiger partial charge on any atom is 0.196 e. The average molecular weight is 205 g/mol. The van der Waals surface area contributed by atoms with E-state index in [4.69, 9.17) is 10.2 Å². The van der Waals surface area contributed by atoms with E-state index in [0.717, 1.165) is 17.0 Å². The van der Waals surface area contributed by atoms with E-state index in [1.807, 2.05) is 37.0 Å². The van der Waals surface area contributed by atoms with Crippen molar-refractivity contribution < 1.29 is 4.42 Å². The molecule has 2 aromatic rings. The van der Waals surface area contributed by atoms with Crippen LogP contribution < -0.4 is 5.73 Å². The van der Waals surface area contributed by atoms with Gasteiger partial charge in [0.15, 0.2) is 5.89 Å². The minimum absolute atomic E-state index is 0.564. The second-order valence-electron chi connectivity index (χ2n) is 3.62. The molecule has 4 heteroatoms. The van der Waals surface area contributed by atoms with Crippen LogP contribution in [0.15, 0.2) is 22.9 Å². The molecule has 2 N–H and O–H groups in total. The quantitative estimate of drug-likeness (QED) is 0.825. The van der Waals surface area contributed by atoms with Gasteiger partial charge in [-0.1, -0.05) is 0 Å². The Balaban J connectivity index is 2.35. The third-order valence-electron chi connectivity index (χ3n) is 2.30. The summed E-state index contributed by atoms with van der Waals surface area (Å²) in [7, 11) is 1.99. The summed E-state index contributed by atoms with van der Waals surface area (Å²) < 4.78 is 7.51. The van der Waals surface area contributed by atoms with Crippen molar-refractivity contribution in [2.45, 2.75) is 13.3 Å². The second kappa shape index (κ2) is 3.90. The summed E-state index contributed by atoms with van der Waals surface area (Å²) in [5.41, 5.74) is 7.46. The van der Waals surface area contributed by atoms with E-state index in [1.165, 1.54) is 0 Å². The second-order valence-corrected chi connectivity index (χ2v) is 3.62. The number of aryl methyl sites for hydroxylation is 2. The first-order valence-corrected chi connectivity index (χ1v) is 4.99. The number of nitrogens with zero attached hydrogens (tertiary/aromatic N) is 2. The molecule has 0 aromatic carbocycles. The lowest BCUT2D eigenvalue weighted by Crippen LogP contribution is -2.02. The highest BCUT2D eigenvalue weighted by atomic mass is 16.4. The molecular weight excluding hydrogens is 190 g/mol. The average Bonchev–Trinajstić information content (AvgIpc) is 2.73. The van der Waals surface area contributed by atoms with Crippen molar-refractivity contribution in [3.63, 3.8) is 0 Å². The SMILES string of the molecule is Cc1oc(CCN)nc1-c1ccn(C)c1. The molecule has 0 atom stereocenters. The van der Waals surface area contributed by atoms with Crippen molar-refractivity contribution in [1.82, 2.24) is 9.55 Å². The van der Waals surface area contributed by atoms with Crippen molar-refractivity contribution in [3.8, 4) is 11.3 Å². The van der Waals surface area contributed by atoms with Crippen molar-refractivity contribution in [3.05, 3.63) is 30.1 Å². The zero-order valence-corrected chi connectivity index (χ0v) is 9.03. The molecule has 2 rings (SSSR count). The van der Waals surface area contributed by atoms with Gasteiger partial charge in [-0.05, 0) is 13.0 Å². The lowest BCUT2D eigenvalue weighted by Gasteiger charge is -1.90. The first-order valence-electron chi connectivity index (χ1n) is 4.99. The first kappa shape index (κ1) is 9.98. The van der Waals surface area contributed by atoms with Crippen LogP contribution in [-0.2, 0) is 13.5 Å². The summed E-state index contributed by atoms with van der Waals surface area (Å²) in [4.78, 5) is 4.42. The molecule has 0 saturated heterocycles. The molecule has 2 heterocycles. The Labute approximate surface area is 88.7 Å². The molecule has 0 aliphatic rings. The molecule has 0 bridgehead atoms. The van der Waals surface area contributed by atoms with Gasteiger partial charge >= 0.3 is 0 Å². The molecule has 0 amide bonds. The van der Waals surface area contributed by atoms with Crippen molar-refractivity contribution in [2.75, 3.05) is 6.54 Å². The van der Waals surface area contributed by atoms with Crippen LogP contribution in [0.2, 0.25) is 0 Å². The van der Waals surface area contributed by atoms with Crippen LogP contribution >= 0.6 is 0 Å². The van der Waals surface area contributed by atoms with Gasteiger partial charge in [-0.2, -0.15) is 0 Å². The number of hydrogen-bond acceptors (Lipinski definition) is 3. The lowest BCUT2D eigenvalue weighted by atomic mass is 10.2. The van der Waals surface area contributed by atoms with Gasteiger partial charge in [0, 0.05) is 38.0 Å². The van der Waals surface area contributed by atoms with E-state index < -0.39 is 0 Å². The number of oxazole rings is 1. The molecule has 4 nitrogen and oxygen atoms in total. The number of aromatic nitrogens is 2. The molecule has 0 saturated carbocycles. The van der Waals surface area contributed by atoms with Gasteiger partial charge < -0.3 is 14.7 Å². The summed E-state index contributed by atoms with van der Waals surface area (Å²) in [6, 6.07) is 2.02. The summed E-state index contributed by atoms with van der Waals surface area (Å²) >= 11 is 0. The topological polar surface area (TPSA) is 57.0 Å². The summed E-state index contributed by atoms with van der Waals surface area (Å²) in [5, 5.41) is 0. The standard InChI is InChI=1S/C11H15N3O/c1-8-11(9-4-6-14(2)7-9)13-10(15-8)3-5-12/h4,6-7H,3,5,12H2,1-2H3. The normalized spacial score (nSPS) is 10.9. The minimum atomic E-state index is 0.564. The fourth-order valence-corrected chi connectivity index (χ4v) is 1.59. The molecule has 0 fully saturated rings. The van der Waals surface area contributed by atoms with E-state index in [2.05, 4.69) is 4.98 Å². The molecular formula is C11H15N3O. The Morgan fingerprint density at radius 1 is 1.53 bits per heavy atom. The maximum atomic E-state index is 5.52. The van der Waals surface area contributed by atoms with Gasteiger partial charge in [-0.3, -0.25) is 0 Å². The van der Waals surface area contributed by atoms with Crippen LogP contribution in [-0.4, -0.2) is 16.1 Å². The third-order valence-corrected chi connectivity index (χ3v) is 2.30. The van der Waals surface area contributed by atoms with E-state index in [0.29, 0.717) is 18.9 Å². The summed E-state index contributed by atoms with van der Waals surface area (Å²) in [6.07, 6.45) is 4.71. The first-order chi connectivity index (χ1) is 7.20. The molecule has 80 valence electrons. The van der Waals surface area contributed by atoms with Crippen molar-refractivity contribution >= 4 is 0 Å². The van der Waals surface area contributed by atoms with Crippen LogP contribution in [0.1, 0.15) is 11.7 Å². The summed E-state index contributed by atoms with van der Waals surface area (Å²) in [6.45, 7) is 2.49.